The van der Waals surface area contributed by atoms with Crippen molar-refractivity contribution < 1.29 is 0 Å². The summed E-state index contributed by atoms with van der Waals surface area (Å²) in [6.07, 6.45) is 8.45. The second-order valence-electron chi connectivity index (χ2n) is 1.27. The van der Waals surface area contributed by atoms with Crippen LogP contribution in [0.1, 0.15) is 12.8 Å². The minimum absolute atomic E-state index is 0.772. The summed E-state index contributed by atoms with van der Waals surface area (Å²) in [6, 6.07) is 0. The lowest BCUT2D eigenvalue weighted by Gasteiger charge is -1.80. The van der Waals surface area contributed by atoms with E-state index in [2.05, 4.69) is 24.7 Å². The van der Waals surface area contributed by atoms with Gasteiger partial charge in [-0.15, -0.1) is 18.3 Å². The molecule has 8 heavy (non-hydrogen) atoms. The highest BCUT2D eigenvalue weighted by atomic mass is 13.8. The van der Waals surface area contributed by atoms with Gasteiger partial charge in [0.15, 0.2) is 0 Å². The molecule has 0 bridgehead atoms. The van der Waals surface area contributed by atoms with E-state index in [1.54, 1.807) is 0 Å². The fraction of sp³-hybridized carbons (Fsp3) is 0.250. The van der Waals surface area contributed by atoms with Gasteiger partial charge in [-0.05, 0) is 6.42 Å². The van der Waals surface area contributed by atoms with Crippen LogP contribution in [0.5, 0.6) is 0 Å². The van der Waals surface area contributed by atoms with E-state index in [0.717, 1.165) is 12.8 Å². The molecule has 0 aliphatic heterocycles. The van der Waals surface area contributed by atoms with Crippen molar-refractivity contribution in [1.82, 2.24) is 0 Å². The maximum Gasteiger partial charge on any atom is 0.0349 e. The third-order valence-electron chi connectivity index (χ3n) is 0.637. The molecule has 0 fully saturated rings. The molecule has 2 radical (unpaired) electrons. The van der Waals surface area contributed by atoms with E-state index in [1.165, 1.54) is 0 Å². The molecule has 0 unspecified atom stereocenters. The molecule has 0 aromatic heterocycles. The second kappa shape index (κ2) is 6.12. The topological polar surface area (TPSA) is 0 Å². The molecule has 0 saturated heterocycles. The van der Waals surface area contributed by atoms with Gasteiger partial charge in [0.25, 0.3) is 0 Å². The fourth-order valence-corrected chi connectivity index (χ4v) is 0.300. The molecule has 0 saturated carbocycles. The smallest absolute Gasteiger partial charge is 0.0349 e. The molecule has 0 nitrogen and oxygen atoms in total. The number of rotatable bonds is 2. The van der Waals surface area contributed by atoms with Crippen LogP contribution in [0.3, 0.4) is 0 Å². The quantitative estimate of drug-likeness (QED) is 0.367. The van der Waals surface area contributed by atoms with Crippen LogP contribution >= 0.6 is 0 Å². The van der Waals surface area contributed by atoms with Gasteiger partial charge >= 0.3 is 0 Å². The van der Waals surface area contributed by atoms with Gasteiger partial charge in [-0.2, -0.15) is 0 Å². The van der Waals surface area contributed by atoms with Crippen LogP contribution in [0.25, 0.3) is 0 Å². The average Bonchev–Trinajstić information content (AvgIpc) is 1.81. The van der Waals surface area contributed by atoms with Crippen molar-refractivity contribution in [1.29, 1.82) is 0 Å². The van der Waals surface area contributed by atoms with Gasteiger partial charge in [-0.3, -0.25) is 0 Å². The van der Waals surface area contributed by atoms with Crippen molar-refractivity contribution >= 4 is 0 Å². The summed E-state index contributed by atoms with van der Waals surface area (Å²) in [6.45, 7) is 3.34. The highest BCUT2D eigenvalue weighted by Gasteiger charge is 1.76. The summed E-state index contributed by atoms with van der Waals surface area (Å²) in [7, 11) is 0. The number of hydrogen-bond donors (Lipinski definition) is 0. The Morgan fingerprint density at radius 3 is 2.88 bits per heavy atom. The standard InChI is InChI=1S/C8H8/c1-3-5-7-8-6-4-2/h1,8H,2,5,7H2. The predicted octanol–water partition coefficient (Wildman–Crippen LogP) is 1.44. The van der Waals surface area contributed by atoms with Gasteiger partial charge < -0.3 is 0 Å². The summed E-state index contributed by atoms with van der Waals surface area (Å²) in [4.78, 5) is 0. The molecule has 0 heteroatoms. The maximum absolute atomic E-state index is 4.98. The van der Waals surface area contributed by atoms with E-state index in [4.69, 9.17) is 6.42 Å². The van der Waals surface area contributed by atoms with Gasteiger partial charge in [0.05, 0.1) is 0 Å². The largest absolute Gasteiger partial charge is 0.120 e. The predicted molar refractivity (Wildman–Crippen MR) is 35.5 cm³/mol. The second-order valence-corrected chi connectivity index (χ2v) is 1.27. The summed E-state index contributed by atoms with van der Waals surface area (Å²) in [5.41, 5.74) is 0. The highest BCUT2D eigenvalue weighted by molar-refractivity contribution is 5.11. The molecular weight excluding hydrogens is 96.1 g/mol. The lowest BCUT2D eigenvalue weighted by Crippen LogP contribution is -1.68. The summed E-state index contributed by atoms with van der Waals surface area (Å²) >= 11 is 0. The SMILES string of the molecule is C#CCC[CH]C#C[CH2]. The first-order valence-corrected chi connectivity index (χ1v) is 2.44. The van der Waals surface area contributed by atoms with Crippen molar-refractivity contribution in [2.45, 2.75) is 12.8 Å². The molecule has 0 aromatic rings. The zero-order chi connectivity index (χ0) is 6.24. The van der Waals surface area contributed by atoms with Crippen LogP contribution in [-0.2, 0) is 0 Å². The summed E-state index contributed by atoms with van der Waals surface area (Å²) in [5.74, 6) is 7.71. The zero-order valence-electron chi connectivity index (χ0n) is 4.78. The molecule has 0 aliphatic carbocycles. The van der Waals surface area contributed by atoms with E-state index in [0.29, 0.717) is 0 Å². The van der Waals surface area contributed by atoms with Gasteiger partial charge in [0, 0.05) is 19.8 Å². The normalized spacial score (nSPS) is 6.50. The highest BCUT2D eigenvalue weighted by Crippen LogP contribution is 1.88. The third kappa shape index (κ3) is 5.12. The van der Waals surface area contributed by atoms with E-state index < -0.39 is 0 Å². The summed E-state index contributed by atoms with van der Waals surface area (Å²) in [5, 5.41) is 0. The number of unbranched alkanes of at least 4 members (excludes halogenated alkanes) is 2. The fourth-order valence-electron chi connectivity index (χ4n) is 0.300. The van der Waals surface area contributed by atoms with Crippen LogP contribution in [-0.4, -0.2) is 0 Å². The minimum Gasteiger partial charge on any atom is -0.120 e. The maximum atomic E-state index is 4.98. The minimum atomic E-state index is 0.772. The molecule has 0 atom stereocenters. The lowest BCUT2D eigenvalue weighted by atomic mass is 10.2. The van der Waals surface area contributed by atoms with Gasteiger partial charge in [-0.25, -0.2) is 0 Å². The van der Waals surface area contributed by atoms with Crippen molar-refractivity contribution in [3.63, 3.8) is 0 Å². The number of hydrogen-bond acceptors (Lipinski definition) is 0. The van der Waals surface area contributed by atoms with E-state index >= 15 is 0 Å². The van der Waals surface area contributed by atoms with Crippen LogP contribution in [0.2, 0.25) is 0 Å². The first-order valence-electron chi connectivity index (χ1n) is 2.44. The lowest BCUT2D eigenvalue weighted by molar-refractivity contribution is 1.04. The molecule has 0 N–H and O–H groups in total. The monoisotopic (exact) mass is 104 g/mol. The molecule has 0 heterocycles. The third-order valence-corrected chi connectivity index (χ3v) is 0.637. The Morgan fingerprint density at radius 1 is 1.62 bits per heavy atom. The van der Waals surface area contributed by atoms with E-state index in [9.17, 15) is 0 Å². The molecule has 0 rings (SSSR count). The molecule has 0 aliphatic rings. The van der Waals surface area contributed by atoms with Crippen molar-refractivity contribution in [3.8, 4) is 24.2 Å². The van der Waals surface area contributed by atoms with Crippen molar-refractivity contribution in [2.24, 2.45) is 0 Å². The van der Waals surface area contributed by atoms with Crippen LogP contribution in [0, 0.1) is 37.5 Å². The van der Waals surface area contributed by atoms with Crippen molar-refractivity contribution in [2.75, 3.05) is 0 Å². The first kappa shape index (κ1) is 7.12. The number of terminal acetylenes is 1. The Bertz CT molecular complexity index is 126. The average molecular weight is 104 g/mol. The molecule has 0 spiro atoms. The Hall–Kier alpha value is -0.880. The zero-order valence-corrected chi connectivity index (χ0v) is 4.78. The van der Waals surface area contributed by atoms with Gasteiger partial charge in [0.1, 0.15) is 0 Å². The van der Waals surface area contributed by atoms with E-state index in [-0.39, 0.29) is 0 Å². The van der Waals surface area contributed by atoms with Crippen molar-refractivity contribution in [3.05, 3.63) is 13.3 Å². The molecular formula is C8H8. The molecule has 0 aromatic carbocycles. The van der Waals surface area contributed by atoms with Gasteiger partial charge in [0.2, 0.25) is 0 Å². The Kier molecular flexibility index (Phi) is 5.45. The van der Waals surface area contributed by atoms with Crippen LogP contribution in [0.15, 0.2) is 0 Å². The Labute approximate surface area is 51.3 Å². The Balaban J connectivity index is 2.93. The Morgan fingerprint density at radius 2 is 2.38 bits per heavy atom. The van der Waals surface area contributed by atoms with E-state index in [1.807, 2.05) is 6.42 Å². The van der Waals surface area contributed by atoms with Crippen LogP contribution < -0.4 is 0 Å². The summed E-state index contributed by atoms with van der Waals surface area (Å²) < 4.78 is 0. The van der Waals surface area contributed by atoms with Gasteiger partial charge in [-0.1, -0.05) is 5.92 Å². The molecule has 0 amide bonds. The molecule has 40 valence electrons. The van der Waals surface area contributed by atoms with Crippen LogP contribution in [0.4, 0.5) is 0 Å². The first-order chi connectivity index (χ1) is 3.91.